The summed E-state index contributed by atoms with van der Waals surface area (Å²) in [5, 5.41) is 17.5. The van der Waals surface area contributed by atoms with Crippen molar-refractivity contribution in [1.29, 1.82) is 0 Å². The predicted molar refractivity (Wildman–Crippen MR) is 155 cm³/mol. The zero-order valence-corrected chi connectivity index (χ0v) is 24.9. The second-order valence-corrected chi connectivity index (χ2v) is 13.0. The van der Waals surface area contributed by atoms with Crippen LogP contribution in [-0.2, 0) is 26.0 Å². The van der Waals surface area contributed by atoms with E-state index in [1.165, 1.54) is 0 Å². The fourth-order valence-electron chi connectivity index (χ4n) is 5.40. The number of benzene rings is 2. The van der Waals surface area contributed by atoms with Crippen molar-refractivity contribution < 1.29 is 41.0 Å². The number of carbonyl (C=O) groups excluding carboxylic acids is 1. The number of hydrogen-bond donors (Lipinski definition) is 3. The van der Waals surface area contributed by atoms with Crippen LogP contribution >= 0.6 is 0 Å². The Labute approximate surface area is 250 Å². The van der Waals surface area contributed by atoms with Gasteiger partial charge in [-0.15, -0.1) is 0 Å². The van der Waals surface area contributed by atoms with Crippen molar-refractivity contribution in [3.05, 3.63) is 77.4 Å². The molecule has 0 spiro atoms. The fourth-order valence-corrected chi connectivity index (χ4v) is 6.74. The molecule has 1 heterocycles. The highest BCUT2D eigenvalue weighted by atomic mass is 32.2. The van der Waals surface area contributed by atoms with Gasteiger partial charge in [0.1, 0.15) is 11.8 Å². The molecule has 5 atom stereocenters. The highest BCUT2D eigenvalue weighted by Gasteiger charge is 2.37. The van der Waals surface area contributed by atoms with E-state index in [1.807, 2.05) is 48.5 Å². The zero-order chi connectivity index (χ0) is 31.2. The lowest BCUT2D eigenvalue weighted by molar-refractivity contribution is -0.130. The van der Waals surface area contributed by atoms with Crippen molar-refractivity contribution in [2.24, 2.45) is 0 Å². The summed E-state index contributed by atoms with van der Waals surface area (Å²) in [5.74, 6) is -1.22. The van der Waals surface area contributed by atoms with Crippen molar-refractivity contribution in [3.8, 4) is 5.75 Å². The number of halogens is 3. The molecule has 2 aliphatic rings. The first kappa shape index (κ1) is 32.9. The summed E-state index contributed by atoms with van der Waals surface area (Å²) in [7, 11) is -1.76. The van der Waals surface area contributed by atoms with E-state index in [-0.39, 0.29) is 38.1 Å². The first-order valence-electron chi connectivity index (χ1n) is 14.1. The van der Waals surface area contributed by atoms with Crippen LogP contribution in [0.1, 0.15) is 48.1 Å². The number of amides is 1. The number of methoxy groups -OCH3 is 1. The summed E-state index contributed by atoms with van der Waals surface area (Å²) in [4.78, 5) is 13.6. The number of fused-ring (bicyclic) bond motifs is 5. The number of β-amino-alcohol motifs (C(OH)–C–C–N with tert-alkyl or cyclic N) is 1. The maximum absolute atomic E-state index is 13.6. The first-order chi connectivity index (χ1) is 20.4. The molecule has 2 aromatic carbocycles. The molecule has 4 rings (SSSR count). The lowest BCUT2D eigenvalue weighted by Crippen LogP contribution is -2.55. The standard InChI is InChI=1S/C30H38F3N3O6S/c1-36(43(39,40)15-13-30(31,32)33)26-10-6-7-14-42-28-18-24(23-17-21(41-2)11-12-22(23)28)34-19-27(37)25(35-29(26)38)16-20-8-4-3-5-9-20/h3-9,11-12,17,24-28,34,37H,10,13-16,18-19H2,1-2H3,(H,35,38)/b7-6+/t24-,25+,26-,27-,28+/m1/s1. The molecule has 1 aliphatic carbocycles. The molecular formula is C30H38F3N3O6S. The second kappa shape index (κ2) is 14.2. The number of nitrogens with one attached hydrogen (secondary N) is 2. The Morgan fingerprint density at radius 2 is 1.86 bits per heavy atom. The Hall–Kier alpha value is -2.97. The maximum Gasteiger partial charge on any atom is 0.390 e. The molecule has 0 saturated carbocycles. The molecule has 13 heteroatoms. The molecule has 0 saturated heterocycles. The predicted octanol–water partition coefficient (Wildman–Crippen LogP) is 3.42. The number of nitrogens with zero attached hydrogens (tertiary/aromatic N) is 1. The molecule has 2 aromatic rings. The van der Waals surface area contributed by atoms with Crippen molar-refractivity contribution in [3.63, 3.8) is 0 Å². The van der Waals surface area contributed by atoms with E-state index in [0.29, 0.717) is 16.5 Å². The van der Waals surface area contributed by atoms with Crippen LogP contribution in [0.2, 0.25) is 0 Å². The number of carbonyl (C=O) groups is 1. The van der Waals surface area contributed by atoms with Crippen LogP contribution in [0.4, 0.5) is 13.2 Å². The normalized spacial score (nSPS) is 26.2. The van der Waals surface area contributed by atoms with E-state index in [2.05, 4.69) is 10.6 Å². The van der Waals surface area contributed by atoms with Crippen LogP contribution in [0.5, 0.6) is 5.75 Å². The van der Waals surface area contributed by atoms with Gasteiger partial charge in [0.15, 0.2) is 0 Å². The second-order valence-electron chi connectivity index (χ2n) is 10.8. The summed E-state index contributed by atoms with van der Waals surface area (Å²) in [6.45, 7) is 0.259. The van der Waals surface area contributed by atoms with Crippen LogP contribution in [0.15, 0.2) is 60.7 Å². The minimum absolute atomic E-state index is 0.0917. The van der Waals surface area contributed by atoms with Crippen LogP contribution < -0.4 is 15.4 Å². The lowest BCUT2D eigenvalue weighted by atomic mass is 9.99. The number of aliphatic hydroxyl groups is 1. The van der Waals surface area contributed by atoms with E-state index in [4.69, 9.17) is 9.47 Å². The summed E-state index contributed by atoms with van der Waals surface area (Å²) in [6, 6.07) is 12.6. The molecule has 236 valence electrons. The Morgan fingerprint density at radius 3 is 2.56 bits per heavy atom. The van der Waals surface area contributed by atoms with Crippen LogP contribution in [-0.4, -0.2) is 81.2 Å². The summed E-state index contributed by atoms with van der Waals surface area (Å²) < 4.78 is 76.5. The van der Waals surface area contributed by atoms with E-state index in [0.717, 1.165) is 23.7 Å². The third kappa shape index (κ3) is 8.79. The smallest absolute Gasteiger partial charge is 0.390 e. The summed E-state index contributed by atoms with van der Waals surface area (Å²) in [5.41, 5.74) is 2.80. The van der Waals surface area contributed by atoms with Crippen LogP contribution in [0.3, 0.4) is 0 Å². The topological polar surface area (TPSA) is 117 Å². The highest BCUT2D eigenvalue weighted by Crippen LogP contribution is 2.42. The van der Waals surface area contributed by atoms with Gasteiger partial charge in [0.25, 0.3) is 0 Å². The molecule has 0 fully saturated rings. The number of hydrogen-bond acceptors (Lipinski definition) is 7. The van der Waals surface area contributed by atoms with Gasteiger partial charge in [0.2, 0.25) is 15.9 Å². The van der Waals surface area contributed by atoms with Gasteiger partial charge in [0, 0.05) is 19.6 Å². The first-order valence-corrected chi connectivity index (χ1v) is 15.7. The SMILES string of the molecule is COc1ccc2c(c1)[C@H]1C[C@@H]2OC/C=C/C[C@@H](N(C)S(=O)(=O)CCC(F)(F)F)C(=O)N[C@@H](Cc2ccccc2)[C@H](O)CN1. The monoisotopic (exact) mass is 625 g/mol. The maximum atomic E-state index is 13.6. The number of alkyl halides is 3. The van der Waals surface area contributed by atoms with Crippen molar-refractivity contribution >= 4 is 15.9 Å². The molecule has 0 unspecified atom stereocenters. The molecule has 43 heavy (non-hydrogen) atoms. The van der Waals surface area contributed by atoms with Gasteiger partial charge in [-0.25, -0.2) is 8.42 Å². The molecule has 0 radical (unpaired) electrons. The van der Waals surface area contributed by atoms with Gasteiger partial charge >= 0.3 is 6.18 Å². The third-order valence-corrected chi connectivity index (χ3v) is 9.73. The average Bonchev–Trinajstić information content (AvgIpc) is 3.32. The molecule has 9 nitrogen and oxygen atoms in total. The minimum atomic E-state index is -4.67. The third-order valence-electron chi connectivity index (χ3n) is 7.87. The largest absolute Gasteiger partial charge is 0.497 e. The lowest BCUT2D eigenvalue weighted by Gasteiger charge is -2.31. The van der Waals surface area contributed by atoms with Crippen molar-refractivity contribution in [2.75, 3.05) is 33.1 Å². The van der Waals surface area contributed by atoms with Gasteiger partial charge in [-0.2, -0.15) is 17.5 Å². The molecule has 1 aliphatic heterocycles. The number of rotatable bonds is 7. The van der Waals surface area contributed by atoms with E-state index in [1.54, 1.807) is 19.3 Å². The van der Waals surface area contributed by atoms with E-state index in [9.17, 15) is 31.5 Å². The van der Waals surface area contributed by atoms with Gasteiger partial charge in [-0.05, 0) is 48.1 Å². The Morgan fingerprint density at radius 1 is 1.12 bits per heavy atom. The Bertz CT molecular complexity index is 1370. The Balaban J connectivity index is 1.63. The minimum Gasteiger partial charge on any atom is -0.497 e. The van der Waals surface area contributed by atoms with Crippen LogP contribution in [0.25, 0.3) is 0 Å². The van der Waals surface area contributed by atoms with E-state index < -0.39 is 52.5 Å². The van der Waals surface area contributed by atoms with Crippen molar-refractivity contribution in [2.45, 2.75) is 62.2 Å². The molecule has 0 aromatic heterocycles. The van der Waals surface area contributed by atoms with Gasteiger partial charge in [-0.3, -0.25) is 4.79 Å². The average molecular weight is 626 g/mol. The highest BCUT2D eigenvalue weighted by molar-refractivity contribution is 7.89. The number of sulfonamides is 1. The zero-order valence-electron chi connectivity index (χ0n) is 24.1. The summed E-state index contributed by atoms with van der Waals surface area (Å²) >= 11 is 0. The van der Waals surface area contributed by atoms with E-state index >= 15 is 0 Å². The van der Waals surface area contributed by atoms with Crippen molar-refractivity contribution in [1.82, 2.24) is 14.9 Å². The summed E-state index contributed by atoms with van der Waals surface area (Å²) in [6.07, 6.45) is -3.57. The quantitative estimate of drug-likeness (QED) is 0.404. The van der Waals surface area contributed by atoms with Gasteiger partial charge in [0.05, 0.1) is 44.1 Å². The molecule has 3 N–H and O–H groups in total. The Kier molecular flexibility index (Phi) is 10.9. The molecule has 2 bridgehead atoms. The van der Waals surface area contributed by atoms with Gasteiger partial charge in [-0.1, -0.05) is 48.6 Å². The number of aliphatic hydroxyl groups excluding tert-OH is 1. The molecule has 1 amide bonds. The fraction of sp³-hybridized carbons (Fsp3) is 0.500. The molecular weight excluding hydrogens is 587 g/mol. The van der Waals surface area contributed by atoms with Crippen LogP contribution in [0, 0.1) is 0 Å². The van der Waals surface area contributed by atoms with Gasteiger partial charge < -0.3 is 25.2 Å². The number of ether oxygens (including phenoxy) is 2. The number of likely N-dealkylation sites (N-methyl/N-ethyl adjacent to an activating group) is 1.